The van der Waals surface area contributed by atoms with Crippen molar-refractivity contribution in [1.82, 2.24) is 5.32 Å². The molecule has 14 nitrogen and oxygen atoms in total. The second-order valence-corrected chi connectivity index (χ2v) is 6.96. The Labute approximate surface area is 170 Å². The molecule has 1 fully saturated rings. The Kier molecular flexibility index (Phi) is 9.08. The molecule has 0 bridgehead atoms. The van der Waals surface area contributed by atoms with Crippen molar-refractivity contribution < 1.29 is 59.3 Å². The van der Waals surface area contributed by atoms with E-state index in [2.05, 4.69) is 10.1 Å². The number of esters is 1. The second kappa shape index (κ2) is 10.6. The predicted molar refractivity (Wildman–Crippen MR) is 93.2 cm³/mol. The maximum atomic E-state index is 11.6. The SMILES string of the molecule is CC(=O)N[C@@H](O)C1C(O)CC(O)(C(=O)O)OC1C[C@H](O)COC(=O)[C@H](N)CC(=O)O. The van der Waals surface area contributed by atoms with Gasteiger partial charge in [0.25, 0.3) is 5.79 Å². The van der Waals surface area contributed by atoms with Crippen LogP contribution in [0.1, 0.15) is 26.2 Å². The molecule has 1 rings (SSSR count). The Morgan fingerprint density at radius 2 is 1.87 bits per heavy atom. The number of nitrogens with two attached hydrogens (primary N) is 1. The van der Waals surface area contributed by atoms with Gasteiger partial charge in [0.2, 0.25) is 5.91 Å². The van der Waals surface area contributed by atoms with E-state index in [4.69, 9.17) is 20.7 Å². The summed E-state index contributed by atoms with van der Waals surface area (Å²) in [6.07, 6.45) is -8.44. The lowest BCUT2D eigenvalue weighted by Crippen LogP contribution is -2.61. The lowest BCUT2D eigenvalue weighted by Gasteiger charge is -2.44. The van der Waals surface area contributed by atoms with Crippen LogP contribution in [0, 0.1) is 5.92 Å². The molecule has 0 spiro atoms. The first-order chi connectivity index (χ1) is 13.8. The fourth-order valence-corrected chi connectivity index (χ4v) is 3.00. The summed E-state index contributed by atoms with van der Waals surface area (Å²) in [5, 5.41) is 60.4. The molecule has 4 unspecified atom stereocenters. The van der Waals surface area contributed by atoms with Gasteiger partial charge in [-0.1, -0.05) is 0 Å². The molecular formula is C16H26N2O12. The van der Waals surface area contributed by atoms with E-state index in [9.17, 15) is 39.6 Å². The van der Waals surface area contributed by atoms with Crippen LogP contribution in [0.15, 0.2) is 0 Å². The van der Waals surface area contributed by atoms with E-state index >= 15 is 0 Å². The van der Waals surface area contributed by atoms with Crippen molar-refractivity contribution in [2.75, 3.05) is 6.61 Å². The summed E-state index contributed by atoms with van der Waals surface area (Å²) in [5.74, 6) is -9.11. The zero-order chi connectivity index (χ0) is 23.2. The van der Waals surface area contributed by atoms with E-state index in [-0.39, 0.29) is 0 Å². The first-order valence-electron chi connectivity index (χ1n) is 8.85. The Morgan fingerprint density at radius 3 is 2.37 bits per heavy atom. The minimum atomic E-state index is -2.82. The average Bonchev–Trinajstić information content (AvgIpc) is 2.57. The van der Waals surface area contributed by atoms with Crippen LogP contribution in [-0.2, 0) is 28.7 Å². The molecule has 1 heterocycles. The van der Waals surface area contributed by atoms with Crippen molar-refractivity contribution in [1.29, 1.82) is 0 Å². The van der Waals surface area contributed by atoms with Crippen LogP contribution in [0.25, 0.3) is 0 Å². The number of carboxylic acid groups (broad SMARTS) is 2. The molecule has 1 aliphatic heterocycles. The van der Waals surface area contributed by atoms with Crippen LogP contribution < -0.4 is 11.1 Å². The molecule has 0 aromatic rings. The molecule has 7 atom stereocenters. The molecule has 1 aliphatic rings. The zero-order valence-corrected chi connectivity index (χ0v) is 16.0. The van der Waals surface area contributed by atoms with Gasteiger partial charge < -0.3 is 51.2 Å². The van der Waals surface area contributed by atoms with Gasteiger partial charge in [-0.25, -0.2) is 4.79 Å². The maximum absolute atomic E-state index is 11.6. The third-order valence-electron chi connectivity index (χ3n) is 4.38. The molecule has 0 aromatic heterocycles. The standard InChI is InChI=1S/C16H26N2O12/c1-6(19)18-13(24)12-9(21)4-16(28,15(26)27)30-10(12)2-7(20)5-29-14(25)8(17)3-11(22)23/h7-10,12-13,20-21,24,28H,2-5,17H2,1H3,(H,18,19)(H,22,23)(H,26,27)/t7-,8+,9?,10?,12?,13-,16?/m0/s1. The van der Waals surface area contributed by atoms with E-state index in [1.807, 2.05) is 0 Å². The number of nitrogens with one attached hydrogen (secondary N) is 1. The van der Waals surface area contributed by atoms with E-state index in [0.717, 1.165) is 6.92 Å². The van der Waals surface area contributed by atoms with Crippen LogP contribution in [0.4, 0.5) is 0 Å². The minimum absolute atomic E-state index is 0.532. The number of amides is 1. The highest BCUT2D eigenvalue weighted by Gasteiger charge is 2.53. The summed E-state index contributed by atoms with van der Waals surface area (Å²) in [6, 6.07) is -1.48. The van der Waals surface area contributed by atoms with Gasteiger partial charge in [-0.05, 0) is 0 Å². The van der Waals surface area contributed by atoms with Gasteiger partial charge in [0.05, 0.1) is 30.7 Å². The summed E-state index contributed by atoms with van der Waals surface area (Å²) in [7, 11) is 0. The quantitative estimate of drug-likeness (QED) is 0.120. The Hall–Kier alpha value is -2.36. The van der Waals surface area contributed by atoms with Gasteiger partial charge >= 0.3 is 17.9 Å². The lowest BCUT2D eigenvalue weighted by atomic mass is 9.83. The summed E-state index contributed by atoms with van der Waals surface area (Å²) in [5.41, 5.74) is 5.32. The molecule has 9 N–H and O–H groups in total. The first kappa shape index (κ1) is 25.7. The molecule has 14 heteroatoms. The molecule has 1 amide bonds. The number of carbonyl (C=O) groups excluding carboxylic acids is 2. The van der Waals surface area contributed by atoms with Crippen molar-refractivity contribution in [2.24, 2.45) is 11.7 Å². The van der Waals surface area contributed by atoms with Gasteiger partial charge in [0.1, 0.15) is 18.9 Å². The molecule has 172 valence electrons. The zero-order valence-electron chi connectivity index (χ0n) is 16.0. The molecule has 30 heavy (non-hydrogen) atoms. The number of carbonyl (C=O) groups is 4. The Balaban J connectivity index is 2.86. The second-order valence-electron chi connectivity index (χ2n) is 6.96. The highest BCUT2D eigenvalue weighted by Crippen LogP contribution is 2.35. The number of rotatable bonds is 10. The molecule has 0 aromatic carbocycles. The van der Waals surface area contributed by atoms with E-state index in [1.54, 1.807) is 0 Å². The lowest BCUT2D eigenvalue weighted by molar-refractivity contribution is -0.297. The normalized spacial score (nSPS) is 29.3. The van der Waals surface area contributed by atoms with E-state index < -0.39 is 92.0 Å². The number of aliphatic hydroxyl groups excluding tert-OH is 3. The monoisotopic (exact) mass is 438 g/mol. The van der Waals surface area contributed by atoms with Crippen molar-refractivity contribution in [3.63, 3.8) is 0 Å². The summed E-state index contributed by atoms with van der Waals surface area (Å²) in [6.45, 7) is 0.382. The van der Waals surface area contributed by atoms with Crippen molar-refractivity contribution >= 4 is 23.8 Å². The highest BCUT2D eigenvalue weighted by molar-refractivity contribution is 5.81. The average molecular weight is 438 g/mol. The van der Waals surface area contributed by atoms with Crippen molar-refractivity contribution in [2.45, 2.75) is 62.6 Å². The molecule has 0 saturated carbocycles. The Bertz CT molecular complexity index is 658. The third kappa shape index (κ3) is 7.16. The maximum Gasteiger partial charge on any atom is 0.364 e. The summed E-state index contributed by atoms with van der Waals surface area (Å²) in [4.78, 5) is 44.6. The van der Waals surface area contributed by atoms with Gasteiger partial charge in [-0.15, -0.1) is 0 Å². The summed E-state index contributed by atoms with van der Waals surface area (Å²) >= 11 is 0. The number of carboxylic acids is 2. The molecular weight excluding hydrogens is 412 g/mol. The van der Waals surface area contributed by atoms with Crippen LogP contribution in [-0.4, -0.2) is 97.4 Å². The number of aliphatic hydroxyl groups is 4. The van der Waals surface area contributed by atoms with Crippen LogP contribution in [0.2, 0.25) is 0 Å². The van der Waals surface area contributed by atoms with E-state index in [0.29, 0.717) is 0 Å². The first-order valence-corrected chi connectivity index (χ1v) is 8.85. The summed E-state index contributed by atoms with van der Waals surface area (Å²) < 4.78 is 9.77. The van der Waals surface area contributed by atoms with Crippen molar-refractivity contribution in [3.05, 3.63) is 0 Å². The smallest absolute Gasteiger partial charge is 0.364 e. The highest BCUT2D eigenvalue weighted by atomic mass is 16.7. The number of ether oxygens (including phenoxy) is 2. The molecule has 0 radical (unpaired) electrons. The number of hydrogen-bond donors (Lipinski definition) is 8. The van der Waals surface area contributed by atoms with Crippen LogP contribution in [0.3, 0.4) is 0 Å². The number of aliphatic carboxylic acids is 2. The number of hydrogen-bond acceptors (Lipinski definition) is 11. The predicted octanol–water partition coefficient (Wildman–Crippen LogP) is -3.92. The fourth-order valence-electron chi connectivity index (χ4n) is 3.00. The molecule has 1 saturated heterocycles. The van der Waals surface area contributed by atoms with E-state index in [1.165, 1.54) is 0 Å². The van der Waals surface area contributed by atoms with Gasteiger partial charge in [-0.2, -0.15) is 0 Å². The topological polar surface area (TPSA) is 246 Å². The van der Waals surface area contributed by atoms with Gasteiger partial charge in [0, 0.05) is 19.8 Å². The van der Waals surface area contributed by atoms with Gasteiger partial charge in [-0.3, -0.25) is 14.4 Å². The van der Waals surface area contributed by atoms with Crippen LogP contribution in [0.5, 0.6) is 0 Å². The van der Waals surface area contributed by atoms with Gasteiger partial charge in [0.15, 0.2) is 0 Å². The Morgan fingerprint density at radius 1 is 1.27 bits per heavy atom. The fraction of sp³-hybridized carbons (Fsp3) is 0.750. The third-order valence-corrected chi connectivity index (χ3v) is 4.38. The molecule has 0 aliphatic carbocycles. The minimum Gasteiger partial charge on any atom is -0.481 e. The largest absolute Gasteiger partial charge is 0.481 e. The van der Waals surface area contributed by atoms with Crippen molar-refractivity contribution in [3.8, 4) is 0 Å². The van der Waals surface area contributed by atoms with Crippen LogP contribution >= 0.6 is 0 Å².